The number of amides is 2. The van der Waals surface area contributed by atoms with Crippen LogP contribution in [0.1, 0.15) is 30.8 Å². The van der Waals surface area contributed by atoms with Crippen molar-refractivity contribution in [2.45, 2.75) is 32.7 Å². The van der Waals surface area contributed by atoms with Crippen LogP contribution in [0, 0.1) is 6.92 Å². The van der Waals surface area contributed by atoms with Crippen LogP contribution in [0.5, 0.6) is 0 Å². The first kappa shape index (κ1) is 17.5. The maximum atomic E-state index is 12.0. The first-order chi connectivity index (χ1) is 12.1. The maximum Gasteiger partial charge on any atom is 0.319 e. The highest BCUT2D eigenvalue weighted by Gasteiger charge is 2.14. The molecule has 1 aromatic carbocycles. The van der Waals surface area contributed by atoms with Crippen LogP contribution in [0.15, 0.2) is 30.3 Å². The molecule has 0 bridgehead atoms. The Morgan fingerprint density at radius 3 is 2.76 bits per heavy atom. The monoisotopic (exact) mass is 359 g/mol. The van der Waals surface area contributed by atoms with Gasteiger partial charge in [0, 0.05) is 35.6 Å². The molecule has 2 N–H and O–H groups in total. The van der Waals surface area contributed by atoms with Gasteiger partial charge >= 0.3 is 6.03 Å². The number of hydrogen-bond donors (Lipinski definition) is 2. The van der Waals surface area contributed by atoms with Gasteiger partial charge < -0.3 is 15.5 Å². The number of urea groups is 1. The summed E-state index contributed by atoms with van der Waals surface area (Å²) in [5, 5.41) is 6.11. The number of rotatable bonds is 4. The number of carbonyl (C=O) groups is 1. The number of halogens is 1. The molecule has 0 radical (unpaired) electrons. The van der Waals surface area contributed by atoms with E-state index in [0.29, 0.717) is 16.5 Å². The topological polar surface area (TPSA) is 70.2 Å². The molecule has 1 aliphatic rings. The molecule has 0 unspecified atom stereocenters. The average Bonchev–Trinajstić information content (AvgIpc) is 2.60. The van der Waals surface area contributed by atoms with E-state index in [1.54, 1.807) is 24.3 Å². The Hall–Kier alpha value is -2.34. The molecule has 1 aromatic heterocycles. The lowest BCUT2D eigenvalue weighted by molar-refractivity contribution is 0.251. The fraction of sp³-hybridized carbons (Fsp3) is 0.389. The summed E-state index contributed by atoms with van der Waals surface area (Å²) in [4.78, 5) is 23.3. The van der Waals surface area contributed by atoms with Crippen molar-refractivity contribution in [2.75, 3.05) is 23.3 Å². The zero-order valence-corrected chi connectivity index (χ0v) is 15.0. The average molecular weight is 360 g/mol. The highest BCUT2D eigenvalue weighted by Crippen LogP contribution is 2.18. The zero-order chi connectivity index (χ0) is 17.6. The van der Waals surface area contributed by atoms with Gasteiger partial charge in [-0.25, -0.2) is 14.8 Å². The van der Waals surface area contributed by atoms with Crippen LogP contribution in [-0.4, -0.2) is 29.1 Å². The van der Waals surface area contributed by atoms with E-state index in [1.807, 2.05) is 13.0 Å². The number of anilines is 2. The van der Waals surface area contributed by atoms with Crippen molar-refractivity contribution < 1.29 is 4.79 Å². The number of nitrogens with one attached hydrogen (secondary N) is 2. The van der Waals surface area contributed by atoms with Crippen molar-refractivity contribution in [1.29, 1.82) is 0 Å². The van der Waals surface area contributed by atoms with Crippen LogP contribution in [-0.2, 0) is 6.54 Å². The molecule has 2 aromatic rings. The van der Waals surface area contributed by atoms with Crippen molar-refractivity contribution in [3.05, 3.63) is 46.9 Å². The maximum absolute atomic E-state index is 12.0. The third kappa shape index (κ3) is 5.06. The Morgan fingerprint density at radius 1 is 1.20 bits per heavy atom. The summed E-state index contributed by atoms with van der Waals surface area (Å²) in [5.41, 5.74) is 1.55. The molecule has 0 aliphatic carbocycles. The smallest absolute Gasteiger partial charge is 0.319 e. The predicted molar refractivity (Wildman–Crippen MR) is 100 cm³/mol. The molecule has 3 rings (SSSR count). The van der Waals surface area contributed by atoms with Gasteiger partial charge in [0.05, 0.1) is 6.54 Å². The van der Waals surface area contributed by atoms with Crippen molar-refractivity contribution >= 4 is 29.1 Å². The number of aromatic nitrogens is 2. The minimum atomic E-state index is -0.313. The minimum Gasteiger partial charge on any atom is -0.357 e. The third-order valence-corrected chi connectivity index (χ3v) is 4.29. The fourth-order valence-electron chi connectivity index (χ4n) is 2.88. The minimum absolute atomic E-state index is 0.273. The van der Waals surface area contributed by atoms with E-state index in [0.717, 1.165) is 24.6 Å². The van der Waals surface area contributed by atoms with Crippen LogP contribution < -0.4 is 15.5 Å². The number of benzene rings is 1. The molecule has 132 valence electrons. The molecule has 0 saturated carbocycles. The van der Waals surface area contributed by atoms with Gasteiger partial charge in [-0.2, -0.15) is 0 Å². The second kappa shape index (κ2) is 8.16. The van der Waals surface area contributed by atoms with Gasteiger partial charge in [0.25, 0.3) is 0 Å². The highest BCUT2D eigenvalue weighted by molar-refractivity contribution is 6.30. The normalized spacial score (nSPS) is 14.2. The first-order valence-electron chi connectivity index (χ1n) is 8.50. The van der Waals surface area contributed by atoms with Gasteiger partial charge in [0.15, 0.2) is 0 Å². The Bertz CT molecular complexity index is 746. The number of hydrogen-bond acceptors (Lipinski definition) is 4. The standard InChI is InChI=1S/C18H22ClN5O/c1-13-10-17(24-8-3-2-4-9-24)23-16(21-13)12-20-18(25)22-15-7-5-6-14(19)11-15/h5-7,10-11H,2-4,8-9,12H2,1H3,(H2,20,22,25). The molecule has 6 nitrogen and oxygen atoms in total. The van der Waals surface area contributed by atoms with E-state index in [-0.39, 0.29) is 12.6 Å². The van der Waals surface area contributed by atoms with Crippen LogP contribution in [0.2, 0.25) is 5.02 Å². The van der Waals surface area contributed by atoms with E-state index in [4.69, 9.17) is 11.6 Å². The summed E-state index contributed by atoms with van der Waals surface area (Å²) in [6.45, 7) is 4.27. The summed E-state index contributed by atoms with van der Waals surface area (Å²) in [5.74, 6) is 1.56. The van der Waals surface area contributed by atoms with Crippen LogP contribution in [0.3, 0.4) is 0 Å². The van der Waals surface area contributed by atoms with E-state index < -0.39 is 0 Å². The Balaban J connectivity index is 1.60. The lowest BCUT2D eigenvalue weighted by Crippen LogP contribution is -2.32. The highest BCUT2D eigenvalue weighted by atomic mass is 35.5. The molecular formula is C18H22ClN5O. The second-order valence-electron chi connectivity index (χ2n) is 6.15. The lowest BCUT2D eigenvalue weighted by Gasteiger charge is -2.28. The fourth-order valence-corrected chi connectivity index (χ4v) is 3.07. The van der Waals surface area contributed by atoms with Gasteiger partial charge in [0.2, 0.25) is 0 Å². The van der Waals surface area contributed by atoms with E-state index in [2.05, 4.69) is 25.5 Å². The predicted octanol–water partition coefficient (Wildman–Crippen LogP) is 3.75. The number of aryl methyl sites for hydroxylation is 1. The van der Waals surface area contributed by atoms with Crippen molar-refractivity contribution in [1.82, 2.24) is 15.3 Å². The van der Waals surface area contributed by atoms with Gasteiger partial charge in [-0.15, -0.1) is 0 Å². The van der Waals surface area contributed by atoms with Crippen LogP contribution >= 0.6 is 11.6 Å². The van der Waals surface area contributed by atoms with E-state index in [9.17, 15) is 4.79 Å². The van der Waals surface area contributed by atoms with Crippen molar-refractivity contribution in [2.24, 2.45) is 0 Å². The second-order valence-corrected chi connectivity index (χ2v) is 6.59. The third-order valence-electron chi connectivity index (χ3n) is 4.06. The van der Waals surface area contributed by atoms with E-state index in [1.165, 1.54) is 19.3 Å². The lowest BCUT2D eigenvalue weighted by atomic mass is 10.1. The number of carbonyl (C=O) groups excluding carboxylic acids is 1. The molecule has 7 heteroatoms. The summed E-state index contributed by atoms with van der Waals surface area (Å²) in [6.07, 6.45) is 3.66. The Morgan fingerprint density at radius 2 is 2.00 bits per heavy atom. The molecular weight excluding hydrogens is 338 g/mol. The SMILES string of the molecule is Cc1cc(N2CCCCC2)nc(CNC(=O)Nc2cccc(Cl)c2)n1. The van der Waals surface area contributed by atoms with E-state index >= 15 is 0 Å². The van der Waals surface area contributed by atoms with Crippen LogP contribution in [0.25, 0.3) is 0 Å². The van der Waals surface area contributed by atoms with Crippen LogP contribution in [0.4, 0.5) is 16.3 Å². The molecule has 0 atom stereocenters. The van der Waals surface area contributed by atoms with Crippen molar-refractivity contribution in [3.8, 4) is 0 Å². The Labute approximate surface area is 152 Å². The number of piperidine rings is 1. The van der Waals surface area contributed by atoms with Gasteiger partial charge in [-0.1, -0.05) is 17.7 Å². The molecule has 25 heavy (non-hydrogen) atoms. The molecule has 2 amide bonds. The summed E-state index contributed by atoms with van der Waals surface area (Å²) in [7, 11) is 0. The summed E-state index contributed by atoms with van der Waals surface area (Å²) < 4.78 is 0. The largest absolute Gasteiger partial charge is 0.357 e. The quantitative estimate of drug-likeness (QED) is 0.872. The van der Waals surface area contributed by atoms with Gasteiger partial charge in [-0.05, 0) is 44.4 Å². The molecule has 1 saturated heterocycles. The van der Waals surface area contributed by atoms with Gasteiger partial charge in [-0.3, -0.25) is 0 Å². The molecule has 0 spiro atoms. The summed E-state index contributed by atoms with van der Waals surface area (Å²) >= 11 is 5.91. The molecule has 1 aliphatic heterocycles. The summed E-state index contributed by atoms with van der Waals surface area (Å²) in [6, 6.07) is 8.70. The number of nitrogens with zero attached hydrogens (tertiary/aromatic N) is 3. The molecule has 2 heterocycles. The zero-order valence-electron chi connectivity index (χ0n) is 14.3. The van der Waals surface area contributed by atoms with Gasteiger partial charge in [0.1, 0.15) is 11.6 Å². The Kier molecular flexibility index (Phi) is 5.71. The molecule has 1 fully saturated rings. The first-order valence-corrected chi connectivity index (χ1v) is 8.88. The van der Waals surface area contributed by atoms with Crippen molar-refractivity contribution in [3.63, 3.8) is 0 Å².